The van der Waals surface area contributed by atoms with E-state index in [0.717, 1.165) is 0 Å². The Morgan fingerprint density at radius 2 is 1.42 bits per heavy atom. The van der Waals surface area contributed by atoms with Crippen molar-refractivity contribution in [2.45, 2.75) is 30.7 Å². The van der Waals surface area contributed by atoms with Gasteiger partial charge in [0.1, 0.15) is 0 Å². The quantitative estimate of drug-likeness (QED) is 0.419. The van der Waals surface area contributed by atoms with Crippen molar-refractivity contribution in [3.05, 3.63) is 68.7 Å². The lowest BCUT2D eigenvalue weighted by atomic mass is 9.84. The molecule has 0 saturated carbocycles. The lowest BCUT2D eigenvalue weighted by Crippen LogP contribution is -2.54. The molecule has 0 aliphatic carbocycles. The molecule has 1 amide bonds. The lowest BCUT2D eigenvalue weighted by Gasteiger charge is -2.45. The van der Waals surface area contributed by atoms with Gasteiger partial charge >= 0.3 is 12.4 Å². The minimum absolute atomic E-state index is 0.0219. The van der Waals surface area contributed by atoms with Gasteiger partial charge in [0.15, 0.2) is 9.84 Å². The van der Waals surface area contributed by atoms with E-state index in [1.165, 1.54) is 4.90 Å². The Balaban J connectivity index is 1.67. The number of benzene rings is 2. The van der Waals surface area contributed by atoms with Crippen LogP contribution in [0.5, 0.6) is 0 Å². The molecular formula is C24H22Cl2F6N2O3S. The van der Waals surface area contributed by atoms with E-state index in [9.17, 15) is 39.6 Å². The van der Waals surface area contributed by atoms with E-state index < -0.39 is 50.7 Å². The Morgan fingerprint density at radius 3 is 1.95 bits per heavy atom. The minimum atomic E-state index is -5.08. The van der Waals surface area contributed by atoms with E-state index >= 15 is 0 Å². The molecule has 0 aromatic heterocycles. The number of hydrogen-bond donors (Lipinski definition) is 0. The molecule has 2 fully saturated rings. The van der Waals surface area contributed by atoms with Crippen LogP contribution in [0.3, 0.4) is 0 Å². The van der Waals surface area contributed by atoms with Crippen molar-refractivity contribution < 1.29 is 39.6 Å². The van der Waals surface area contributed by atoms with Gasteiger partial charge in [0.25, 0.3) is 5.91 Å². The number of piperidine rings is 1. The Morgan fingerprint density at radius 1 is 0.842 bits per heavy atom. The second kappa shape index (κ2) is 10.5. The van der Waals surface area contributed by atoms with E-state index in [4.69, 9.17) is 23.2 Å². The number of alkyl halides is 6. The predicted molar refractivity (Wildman–Crippen MR) is 130 cm³/mol. The van der Waals surface area contributed by atoms with Crippen LogP contribution >= 0.6 is 23.2 Å². The largest absolute Gasteiger partial charge is 0.416 e. The van der Waals surface area contributed by atoms with Crippen LogP contribution in [0.15, 0.2) is 36.4 Å². The number of nitrogens with zero attached hydrogens (tertiary/aromatic N) is 2. The number of rotatable bonds is 3. The number of halogens is 8. The molecular weight excluding hydrogens is 581 g/mol. The third-order valence-electron chi connectivity index (χ3n) is 6.92. The first kappa shape index (κ1) is 29.0. The number of likely N-dealkylation sites (tertiary alicyclic amines) is 1. The Labute approximate surface area is 225 Å². The van der Waals surface area contributed by atoms with Gasteiger partial charge in [-0.1, -0.05) is 29.3 Å². The summed E-state index contributed by atoms with van der Waals surface area (Å²) >= 11 is 12.2. The van der Waals surface area contributed by atoms with E-state index in [1.807, 2.05) is 4.90 Å². The molecule has 4 rings (SSSR count). The van der Waals surface area contributed by atoms with E-state index in [2.05, 4.69) is 0 Å². The van der Waals surface area contributed by atoms with E-state index in [0.29, 0.717) is 24.1 Å². The van der Waals surface area contributed by atoms with Gasteiger partial charge in [0, 0.05) is 43.7 Å². The second-order valence-corrected chi connectivity index (χ2v) is 12.5. The van der Waals surface area contributed by atoms with Crippen molar-refractivity contribution in [1.29, 1.82) is 0 Å². The Bertz CT molecular complexity index is 1290. The summed E-state index contributed by atoms with van der Waals surface area (Å²) in [4.78, 5) is 16.5. The topological polar surface area (TPSA) is 57.7 Å². The molecule has 2 atom stereocenters. The van der Waals surface area contributed by atoms with Crippen molar-refractivity contribution in [3.63, 3.8) is 0 Å². The van der Waals surface area contributed by atoms with Gasteiger partial charge in [-0.25, -0.2) is 8.42 Å². The zero-order valence-electron chi connectivity index (χ0n) is 19.6. The summed E-state index contributed by atoms with van der Waals surface area (Å²) in [5.41, 5.74) is -3.19. The zero-order chi connectivity index (χ0) is 28.0. The van der Waals surface area contributed by atoms with Crippen LogP contribution in [0.4, 0.5) is 26.3 Å². The van der Waals surface area contributed by atoms with Crippen LogP contribution < -0.4 is 0 Å². The summed E-state index contributed by atoms with van der Waals surface area (Å²) < 4.78 is 104. The van der Waals surface area contributed by atoms with Gasteiger partial charge in [0.2, 0.25) is 0 Å². The molecule has 2 saturated heterocycles. The molecule has 2 aliphatic heterocycles. The molecule has 2 aliphatic rings. The highest BCUT2D eigenvalue weighted by atomic mass is 35.5. The summed E-state index contributed by atoms with van der Waals surface area (Å²) in [6.45, 7) is 0.563. The average molecular weight is 603 g/mol. The van der Waals surface area contributed by atoms with Crippen molar-refractivity contribution in [3.8, 4) is 0 Å². The van der Waals surface area contributed by atoms with Crippen LogP contribution in [0.1, 0.15) is 39.4 Å². The first-order chi connectivity index (χ1) is 17.5. The average Bonchev–Trinajstić information content (AvgIpc) is 2.83. The maximum atomic E-state index is 13.3. The first-order valence-electron chi connectivity index (χ1n) is 11.5. The highest BCUT2D eigenvalue weighted by molar-refractivity contribution is 7.91. The summed E-state index contributed by atoms with van der Waals surface area (Å²) in [5, 5.41) is 0.517. The molecule has 38 heavy (non-hydrogen) atoms. The van der Waals surface area contributed by atoms with Crippen molar-refractivity contribution in [1.82, 2.24) is 9.80 Å². The number of carbonyl (C=O) groups excluding carboxylic acids is 1. The number of amides is 1. The third kappa shape index (κ3) is 6.40. The molecule has 2 unspecified atom stereocenters. The molecule has 2 aromatic carbocycles. The van der Waals surface area contributed by atoms with Crippen LogP contribution in [0, 0.1) is 0 Å². The van der Waals surface area contributed by atoms with E-state index in [-0.39, 0.29) is 59.8 Å². The smallest absolute Gasteiger partial charge is 0.338 e. The molecule has 2 heterocycles. The lowest BCUT2D eigenvalue weighted by molar-refractivity contribution is -0.143. The summed E-state index contributed by atoms with van der Waals surface area (Å²) in [5.74, 6) is -1.49. The Hall–Kier alpha value is -2.02. The van der Waals surface area contributed by atoms with Crippen LogP contribution in [-0.2, 0) is 22.2 Å². The van der Waals surface area contributed by atoms with Crippen molar-refractivity contribution >= 4 is 38.9 Å². The second-order valence-electron chi connectivity index (χ2n) is 9.37. The van der Waals surface area contributed by atoms with E-state index in [1.54, 1.807) is 18.2 Å². The third-order valence-corrected chi connectivity index (χ3v) is 9.27. The minimum Gasteiger partial charge on any atom is -0.338 e. The van der Waals surface area contributed by atoms with Gasteiger partial charge < -0.3 is 4.90 Å². The fourth-order valence-corrected chi connectivity index (χ4v) is 6.49. The molecule has 0 N–H and O–H groups in total. The number of sulfone groups is 1. The molecule has 0 bridgehead atoms. The zero-order valence-corrected chi connectivity index (χ0v) is 21.9. The predicted octanol–water partition coefficient (Wildman–Crippen LogP) is 5.76. The molecule has 5 nitrogen and oxygen atoms in total. The van der Waals surface area contributed by atoms with Gasteiger partial charge in [0.05, 0.1) is 32.7 Å². The fourth-order valence-electron chi connectivity index (χ4n) is 4.95. The maximum absolute atomic E-state index is 13.3. The molecule has 208 valence electrons. The van der Waals surface area contributed by atoms with Crippen LogP contribution in [-0.4, -0.2) is 67.9 Å². The SMILES string of the molecule is O=C(c1cc(C(F)(F)F)cc(C(F)(F)F)c1)N1CCC(N2CCS(=O)(=O)CC2)C(c2ccc(Cl)c(Cl)c2)C1. The molecule has 14 heteroatoms. The highest BCUT2D eigenvalue weighted by Gasteiger charge is 2.41. The van der Waals surface area contributed by atoms with Gasteiger partial charge in [-0.3, -0.25) is 9.69 Å². The standard InChI is InChI=1S/C24H22Cl2F6N2O3S/c25-19-2-1-14(11-20(19)26)18-13-34(4-3-21(18)33-5-7-38(36,37)8-6-33)22(35)15-9-16(23(27,28)29)12-17(10-15)24(30,31)32/h1-2,9-12,18,21H,3-8,13H2. The number of hydrogen-bond acceptors (Lipinski definition) is 4. The Kier molecular flexibility index (Phi) is 8.02. The summed E-state index contributed by atoms with van der Waals surface area (Å²) in [6.07, 6.45) is -9.84. The monoisotopic (exact) mass is 602 g/mol. The highest BCUT2D eigenvalue weighted by Crippen LogP contribution is 2.38. The first-order valence-corrected chi connectivity index (χ1v) is 14.1. The van der Waals surface area contributed by atoms with Gasteiger partial charge in [-0.2, -0.15) is 26.3 Å². The molecule has 0 spiro atoms. The normalized spacial score (nSPS) is 22.9. The van der Waals surface area contributed by atoms with Crippen LogP contribution in [0.2, 0.25) is 10.0 Å². The summed E-state index contributed by atoms with van der Waals surface area (Å²) in [7, 11) is -3.17. The van der Waals surface area contributed by atoms with Crippen molar-refractivity contribution in [2.75, 3.05) is 37.7 Å². The van der Waals surface area contributed by atoms with Crippen LogP contribution in [0.25, 0.3) is 0 Å². The van der Waals surface area contributed by atoms with Crippen molar-refractivity contribution in [2.24, 2.45) is 0 Å². The maximum Gasteiger partial charge on any atom is 0.416 e. The number of carbonyl (C=O) groups is 1. The molecule has 0 radical (unpaired) electrons. The van der Waals surface area contributed by atoms with Gasteiger partial charge in [-0.15, -0.1) is 0 Å². The fraction of sp³-hybridized carbons (Fsp3) is 0.458. The molecule has 2 aromatic rings. The summed E-state index contributed by atoms with van der Waals surface area (Å²) in [6, 6.07) is 5.43. The van der Waals surface area contributed by atoms with Gasteiger partial charge in [-0.05, 0) is 42.3 Å².